The molecule has 2 heteroatoms. The summed E-state index contributed by atoms with van der Waals surface area (Å²) in [5, 5.41) is 0. The Hall–Kier alpha value is -1.02. The van der Waals surface area contributed by atoms with E-state index < -0.39 is 0 Å². The van der Waals surface area contributed by atoms with Crippen molar-refractivity contribution in [3.05, 3.63) is 29.3 Å². The Kier molecular flexibility index (Phi) is 2.21. The van der Waals surface area contributed by atoms with E-state index in [1.54, 1.807) is 0 Å². The molecule has 0 heterocycles. The molecule has 0 saturated heterocycles. The monoisotopic (exact) mass is 217 g/mol. The Morgan fingerprint density at radius 1 is 1.38 bits per heavy atom. The van der Waals surface area contributed by atoms with Gasteiger partial charge in [0.2, 0.25) is 0 Å². The molecule has 0 aliphatic heterocycles. The van der Waals surface area contributed by atoms with Crippen molar-refractivity contribution >= 4 is 0 Å². The minimum absolute atomic E-state index is 0.0649. The molecule has 0 spiro atoms. The number of aryl methyl sites for hydroxylation is 1. The van der Waals surface area contributed by atoms with Gasteiger partial charge in [-0.2, -0.15) is 0 Å². The van der Waals surface area contributed by atoms with Crippen molar-refractivity contribution in [2.24, 2.45) is 5.73 Å². The third kappa shape index (κ3) is 2.22. The van der Waals surface area contributed by atoms with Crippen LogP contribution in [0.5, 0.6) is 5.75 Å². The molecule has 2 aliphatic carbocycles. The molecule has 16 heavy (non-hydrogen) atoms. The first-order valence-electron chi connectivity index (χ1n) is 6.20. The Morgan fingerprint density at radius 3 is 2.75 bits per heavy atom. The van der Waals surface area contributed by atoms with Crippen LogP contribution in [0.3, 0.4) is 0 Å². The Morgan fingerprint density at radius 2 is 2.12 bits per heavy atom. The first-order chi connectivity index (χ1) is 7.65. The van der Waals surface area contributed by atoms with Gasteiger partial charge in [0.25, 0.3) is 0 Å². The van der Waals surface area contributed by atoms with Gasteiger partial charge >= 0.3 is 0 Å². The predicted molar refractivity (Wildman–Crippen MR) is 64.7 cm³/mol. The van der Waals surface area contributed by atoms with Gasteiger partial charge in [-0.1, -0.05) is 17.7 Å². The lowest BCUT2D eigenvalue weighted by Crippen LogP contribution is -2.24. The molecule has 2 saturated carbocycles. The van der Waals surface area contributed by atoms with Crippen LogP contribution in [0.2, 0.25) is 0 Å². The molecule has 0 amide bonds. The van der Waals surface area contributed by atoms with Gasteiger partial charge < -0.3 is 10.5 Å². The molecule has 86 valence electrons. The number of rotatable bonds is 4. The van der Waals surface area contributed by atoms with Crippen LogP contribution in [-0.4, -0.2) is 11.6 Å². The van der Waals surface area contributed by atoms with Gasteiger partial charge in [0.15, 0.2) is 0 Å². The fraction of sp³-hybridized carbons (Fsp3) is 0.571. The van der Waals surface area contributed by atoms with E-state index in [9.17, 15) is 0 Å². The minimum atomic E-state index is 0.0649. The Balaban J connectivity index is 1.83. The van der Waals surface area contributed by atoms with Gasteiger partial charge in [-0.15, -0.1) is 0 Å². The molecule has 0 aromatic heterocycles. The van der Waals surface area contributed by atoms with E-state index in [0.29, 0.717) is 6.10 Å². The van der Waals surface area contributed by atoms with Gasteiger partial charge in [-0.25, -0.2) is 0 Å². The van der Waals surface area contributed by atoms with E-state index in [2.05, 4.69) is 25.1 Å². The van der Waals surface area contributed by atoms with Crippen LogP contribution in [-0.2, 0) is 6.42 Å². The molecular weight excluding hydrogens is 198 g/mol. The van der Waals surface area contributed by atoms with Crippen molar-refractivity contribution in [1.82, 2.24) is 0 Å². The van der Waals surface area contributed by atoms with E-state index in [4.69, 9.17) is 10.5 Å². The summed E-state index contributed by atoms with van der Waals surface area (Å²) in [7, 11) is 0. The third-order valence-electron chi connectivity index (χ3n) is 3.47. The number of ether oxygens (including phenoxy) is 1. The van der Waals surface area contributed by atoms with Gasteiger partial charge in [0.05, 0.1) is 6.10 Å². The quantitative estimate of drug-likeness (QED) is 0.841. The highest BCUT2D eigenvalue weighted by Gasteiger charge is 2.39. The molecule has 0 bridgehead atoms. The largest absolute Gasteiger partial charge is 0.490 e. The predicted octanol–water partition coefficient (Wildman–Crippen LogP) is 2.57. The SMILES string of the molecule is Cc1ccc(OC2CC2)c(CC2(N)CC2)c1. The number of benzene rings is 1. The normalized spacial score (nSPS) is 21.9. The fourth-order valence-electron chi connectivity index (χ4n) is 2.04. The van der Waals surface area contributed by atoms with E-state index in [1.807, 2.05) is 0 Å². The smallest absolute Gasteiger partial charge is 0.122 e. The van der Waals surface area contributed by atoms with Crippen molar-refractivity contribution in [3.63, 3.8) is 0 Å². The maximum Gasteiger partial charge on any atom is 0.122 e. The van der Waals surface area contributed by atoms with Crippen LogP contribution in [0.15, 0.2) is 18.2 Å². The van der Waals surface area contributed by atoms with Crippen LogP contribution < -0.4 is 10.5 Å². The van der Waals surface area contributed by atoms with Crippen LogP contribution in [0.1, 0.15) is 36.8 Å². The van der Waals surface area contributed by atoms with Crippen LogP contribution in [0.25, 0.3) is 0 Å². The second-order valence-corrected chi connectivity index (χ2v) is 5.47. The lowest BCUT2D eigenvalue weighted by atomic mass is 10.0. The first-order valence-corrected chi connectivity index (χ1v) is 6.20. The summed E-state index contributed by atoms with van der Waals surface area (Å²) in [5.41, 5.74) is 8.85. The van der Waals surface area contributed by atoms with Gasteiger partial charge in [-0.3, -0.25) is 0 Å². The standard InChI is InChI=1S/C14H19NO/c1-10-2-5-13(16-12-3-4-12)11(8-10)9-14(15)6-7-14/h2,5,8,12H,3-4,6-7,9,15H2,1H3. The van der Waals surface area contributed by atoms with Crippen molar-refractivity contribution < 1.29 is 4.74 Å². The Bertz CT molecular complexity index is 405. The van der Waals surface area contributed by atoms with Crippen molar-refractivity contribution in [3.8, 4) is 5.75 Å². The maximum atomic E-state index is 6.19. The molecule has 2 aliphatic rings. The molecule has 3 rings (SSSR count). The number of hydrogen-bond donors (Lipinski definition) is 1. The summed E-state index contributed by atoms with van der Waals surface area (Å²) < 4.78 is 5.93. The summed E-state index contributed by atoms with van der Waals surface area (Å²) in [4.78, 5) is 0. The molecular formula is C14H19NO. The molecule has 1 aromatic carbocycles. The van der Waals surface area contributed by atoms with E-state index >= 15 is 0 Å². The fourth-order valence-corrected chi connectivity index (χ4v) is 2.04. The second kappa shape index (κ2) is 3.49. The average Bonchev–Trinajstić information content (AvgIpc) is 3.11. The Labute approximate surface area is 96.8 Å². The maximum absolute atomic E-state index is 6.19. The first kappa shape index (κ1) is 10.2. The van der Waals surface area contributed by atoms with Crippen LogP contribution >= 0.6 is 0 Å². The zero-order valence-corrected chi connectivity index (χ0v) is 9.83. The highest BCUT2D eigenvalue weighted by Crippen LogP contribution is 2.39. The zero-order chi connectivity index (χ0) is 11.2. The van der Waals surface area contributed by atoms with Gasteiger partial charge in [-0.05, 0) is 50.7 Å². The molecule has 2 N–H and O–H groups in total. The van der Waals surface area contributed by atoms with Gasteiger partial charge in [0.1, 0.15) is 5.75 Å². The molecule has 0 radical (unpaired) electrons. The average molecular weight is 217 g/mol. The topological polar surface area (TPSA) is 35.2 Å². The molecule has 2 nitrogen and oxygen atoms in total. The lowest BCUT2D eigenvalue weighted by Gasteiger charge is -2.15. The summed E-state index contributed by atoms with van der Waals surface area (Å²) in [5.74, 6) is 1.06. The molecule has 0 unspecified atom stereocenters. The highest BCUT2D eigenvalue weighted by atomic mass is 16.5. The molecule has 2 fully saturated rings. The van der Waals surface area contributed by atoms with Crippen LogP contribution in [0.4, 0.5) is 0 Å². The molecule has 1 aromatic rings. The zero-order valence-electron chi connectivity index (χ0n) is 9.83. The highest BCUT2D eigenvalue weighted by molar-refractivity contribution is 5.39. The van der Waals surface area contributed by atoms with Gasteiger partial charge in [0, 0.05) is 5.54 Å². The van der Waals surface area contributed by atoms with Crippen molar-refractivity contribution in [2.45, 2.75) is 50.7 Å². The summed E-state index contributed by atoms with van der Waals surface area (Å²) in [6.45, 7) is 2.13. The number of hydrogen-bond acceptors (Lipinski definition) is 2. The molecule has 0 atom stereocenters. The van der Waals surface area contributed by atoms with E-state index in [1.165, 1.54) is 24.0 Å². The van der Waals surface area contributed by atoms with E-state index in [0.717, 1.165) is 25.0 Å². The summed E-state index contributed by atoms with van der Waals surface area (Å²) in [6, 6.07) is 6.46. The lowest BCUT2D eigenvalue weighted by molar-refractivity contribution is 0.299. The summed E-state index contributed by atoms with van der Waals surface area (Å²) in [6.07, 6.45) is 6.17. The van der Waals surface area contributed by atoms with Crippen molar-refractivity contribution in [1.29, 1.82) is 0 Å². The van der Waals surface area contributed by atoms with Crippen LogP contribution in [0, 0.1) is 6.92 Å². The number of nitrogens with two attached hydrogens (primary N) is 1. The van der Waals surface area contributed by atoms with E-state index in [-0.39, 0.29) is 5.54 Å². The summed E-state index contributed by atoms with van der Waals surface area (Å²) >= 11 is 0. The second-order valence-electron chi connectivity index (χ2n) is 5.47. The van der Waals surface area contributed by atoms with Crippen molar-refractivity contribution in [2.75, 3.05) is 0 Å². The third-order valence-corrected chi connectivity index (χ3v) is 3.47. The minimum Gasteiger partial charge on any atom is -0.490 e.